The number of carboxylic acid groups (broad SMARTS) is 1. The number of carboxylic acids is 1. The Morgan fingerprint density at radius 2 is 1.86 bits per heavy atom. The third-order valence-electron chi connectivity index (χ3n) is 3.25. The average Bonchev–Trinajstić information content (AvgIpc) is 2.82. The molecule has 1 atom stereocenters. The van der Waals surface area contributed by atoms with E-state index >= 15 is 4.39 Å². The van der Waals surface area contributed by atoms with Crippen LogP contribution >= 0.6 is 0 Å². The number of alkyl halides is 1. The van der Waals surface area contributed by atoms with Gasteiger partial charge in [0.05, 0.1) is 0 Å². The molecular weight excluding hydrogens is 292 g/mol. The van der Waals surface area contributed by atoms with Crippen molar-refractivity contribution in [1.82, 2.24) is 10.3 Å². The average molecular weight is 303 g/mol. The third kappa shape index (κ3) is 2.07. The standard InChI is InChI=1S/C15H11F2N3O2/c16-13-12(14(21)22)19-15(17,10-6-2-1-3-7-10)20(13)11-8-4-5-9-18-11/h1-9,19H,(H,21,22). The van der Waals surface area contributed by atoms with E-state index in [4.69, 9.17) is 5.11 Å². The number of rotatable bonds is 3. The molecular formula is C15H11F2N3O2. The minimum atomic E-state index is -2.58. The van der Waals surface area contributed by atoms with Crippen molar-refractivity contribution in [3.8, 4) is 0 Å². The van der Waals surface area contributed by atoms with E-state index in [9.17, 15) is 9.18 Å². The van der Waals surface area contributed by atoms with Gasteiger partial charge in [0.1, 0.15) is 5.82 Å². The Morgan fingerprint density at radius 3 is 2.45 bits per heavy atom. The zero-order chi connectivity index (χ0) is 15.7. The number of aliphatic carboxylic acids is 1. The van der Waals surface area contributed by atoms with Gasteiger partial charge in [-0.05, 0) is 12.1 Å². The highest BCUT2D eigenvalue weighted by Crippen LogP contribution is 2.41. The first-order valence-electron chi connectivity index (χ1n) is 6.41. The zero-order valence-corrected chi connectivity index (χ0v) is 11.2. The lowest BCUT2D eigenvalue weighted by Crippen LogP contribution is -2.46. The van der Waals surface area contributed by atoms with E-state index in [0.29, 0.717) is 4.90 Å². The number of nitrogens with one attached hydrogen (secondary N) is 1. The number of hydrogen-bond donors (Lipinski definition) is 2. The molecule has 0 saturated carbocycles. The first-order valence-corrected chi connectivity index (χ1v) is 6.41. The number of anilines is 1. The van der Waals surface area contributed by atoms with Crippen LogP contribution in [0.15, 0.2) is 66.4 Å². The topological polar surface area (TPSA) is 65.5 Å². The number of halogens is 2. The summed E-state index contributed by atoms with van der Waals surface area (Å²) in [5, 5.41) is 11.2. The number of benzene rings is 1. The van der Waals surface area contributed by atoms with Gasteiger partial charge in [0.2, 0.25) is 5.95 Å². The summed E-state index contributed by atoms with van der Waals surface area (Å²) in [5.74, 6) is -5.45. The first kappa shape index (κ1) is 14.0. The second kappa shape index (κ2) is 5.10. The molecule has 0 bridgehead atoms. The number of aromatic nitrogens is 1. The molecule has 22 heavy (non-hydrogen) atoms. The smallest absolute Gasteiger partial charge is 0.356 e. The Kier molecular flexibility index (Phi) is 3.25. The molecule has 2 heterocycles. The van der Waals surface area contributed by atoms with E-state index in [2.05, 4.69) is 10.3 Å². The lowest BCUT2D eigenvalue weighted by molar-refractivity contribution is -0.133. The molecule has 0 radical (unpaired) electrons. The van der Waals surface area contributed by atoms with Crippen LogP contribution in [0.3, 0.4) is 0 Å². The summed E-state index contributed by atoms with van der Waals surface area (Å²) >= 11 is 0. The van der Waals surface area contributed by atoms with Crippen LogP contribution < -0.4 is 10.2 Å². The molecule has 0 saturated heterocycles. The van der Waals surface area contributed by atoms with Crippen LogP contribution in [-0.2, 0) is 10.7 Å². The molecule has 1 aromatic carbocycles. The van der Waals surface area contributed by atoms with Crippen molar-refractivity contribution in [2.45, 2.75) is 5.92 Å². The summed E-state index contributed by atoms with van der Waals surface area (Å²) in [5.41, 5.74) is -0.788. The summed E-state index contributed by atoms with van der Waals surface area (Å²) in [4.78, 5) is 15.6. The zero-order valence-electron chi connectivity index (χ0n) is 11.2. The molecule has 7 heteroatoms. The van der Waals surface area contributed by atoms with Gasteiger partial charge < -0.3 is 10.4 Å². The van der Waals surface area contributed by atoms with Crippen molar-refractivity contribution in [2.75, 3.05) is 4.90 Å². The maximum absolute atomic E-state index is 15.5. The molecule has 1 aliphatic rings. The van der Waals surface area contributed by atoms with Gasteiger partial charge in [0, 0.05) is 11.8 Å². The van der Waals surface area contributed by atoms with Crippen LogP contribution in [0, 0.1) is 0 Å². The highest BCUT2D eigenvalue weighted by Gasteiger charge is 2.51. The number of nitrogens with zero attached hydrogens (tertiary/aromatic N) is 2. The summed E-state index contributed by atoms with van der Waals surface area (Å²) in [6, 6.07) is 12.2. The van der Waals surface area contributed by atoms with Crippen molar-refractivity contribution in [1.29, 1.82) is 0 Å². The van der Waals surface area contributed by atoms with E-state index in [1.54, 1.807) is 30.3 Å². The van der Waals surface area contributed by atoms with Crippen molar-refractivity contribution < 1.29 is 18.7 Å². The van der Waals surface area contributed by atoms with E-state index in [-0.39, 0.29) is 11.4 Å². The summed E-state index contributed by atoms with van der Waals surface area (Å²) < 4.78 is 29.9. The normalized spacial score (nSPS) is 20.9. The fourth-order valence-corrected chi connectivity index (χ4v) is 2.27. The molecule has 0 aliphatic carbocycles. The molecule has 1 aliphatic heterocycles. The number of carbonyl (C=O) groups is 1. The molecule has 112 valence electrons. The maximum Gasteiger partial charge on any atom is 0.356 e. The van der Waals surface area contributed by atoms with Gasteiger partial charge >= 0.3 is 5.97 Å². The molecule has 2 N–H and O–H groups in total. The van der Waals surface area contributed by atoms with E-state index < -0.39 is 23.5 Å². The quantitative estimate of drug-likeness (QED) is 0.853. The minimum absolute atomic E-state index is 0.0462. The van der Waals surface area contributed by atoms with Crippen molar-refractivity contribution >= 4 is 11.8 Å². The number of pyridine rings is 1. The second-order valence-corrected chi connectivity index (χ2v) is 4.61. The van der Waals surface area contributed by atoms with E-state index in [1.165, 1.54) is 24.4 Å². The molecule has 2 aromatic rings. The van der Waals surface area contributed by atoms with Crippen LogP contribution in [0.2, 0.25) is 0 Å². The molecule has 0 spiro atoms. The van der Waals surface area contributed by atoms with Gasteiger partial charge in [-0.25, -0.2) is 14.7 Å². The summed E-state index contributed by atoms with van der Waals surface area (Å²) in [7, 11) is 0. The molecule has 0 fully saturated rings. The third-order valence-corrected chi connectivity index (χ3v) is 3.25. The lowest BCUT2D eigenvalue weighted by Gasteiger charge is -2.31. The van der Waals surface area contributed by atoms with Crippen molar-refractivity contribution in [3.63, 3.8) is 0 Å². The molecule has 3 rings (SSSR count). The van der Waals surface area contributed by atoms with Crippen LogP contribution in [-0.4, -0.2) is 16.1 Å². The van der Waals surface area contributed by atoms with Crippen molar-refractivity contribution in [3.05, 3.63) is 71.9 Å². The monoisotopic (exact) mass is 303 g/mol. The lowest BCUT2D eigenvalue weighted by atomic mass is 10.1. The second-order valence-electron chi connectivity index (χ2n) is 4.61. The van der Waals surface area contributed by atoms with E-state index in [0.717, 1.165) is 0 Å². The SMILES string of the molecule is O=C(O)C1=C(F)N(c2ccccn2)C(F)(c2ccccc2)N1. The fourth-order valence-electron chi connectivity index (χ4n) is 2.27. The van der Waals surface area contributed by atoms with Crippen LogP contribution in [0.4, 0.5) is 14.6 Å². The van der Waals surface area contributed by atoms with Crippen LogP contribution in [0.25, 0.3) is 0 Å². The van der Waals surface area contributed by atoms with Gasteiger partial charge in [-0.1, -0.05) is 36.4 Å². The Morgan fingerprint density at radius 1 is 1.18 bits per heavy atom. The van der Waals surface area contributed by atoms with Gasteiger partial charge in [-0.15, -0.1) is 0 Å². The first-order chi connectivity index (χ1) is 10.5. The van der Waals surface area contributed by atoms with Gasteiger partial charge in [0.15, 0.2) is 5.70 Å². The predicted molar refractivity (Wildman–Crippen MR) is 74.8 cm³/mol. The molecule has 5 nitrogen and oxygen atoms in total. The molecule has 0 amide bonds. The fraction of sp³-hybridized carbons (Fsp3) is 0.0667. The molecule has 1 unspecified atom stereocenters. The summed E-state index contributed by atoms with van der Waals surface area (Å²) in [6.45, 7) is 0. The highest BCUT2D eigenvalue weighted by molar-refractivity contribution is 5.89. The predicted octanol–water partition coefficient (Wildman–Crippen LogP) is 2.49. The van der Waals surface area contributed by atoms with Gasteiger partial charge in [-0.3, -0.25) is 0 Å². The largest absolute Gasteiger partial charge is 0.476 e. The van der Waals surface area contributed by atoms with Crippen LogP contribution in [0.5, 0.6) is 0 Å². The Balaban J connectivity index is 2.17. The Bertz CT molecular complexity index is 737. The maximum atomic E-state index is 15.5. The van der Waals surface area contributed by atoms with Crippen LogP contribution in [0.1, 0.15) is 5.56 Å². The van der Waals surface area contributed by atoms with E-state index in [1.807, 2.05) is 0 Å². The molecule has 1 aromatic heterocycles. The van der Waals surface area contributed by atoms with Crippen molar-refractivity contribution in [2.24, 2.45) is 0 Å². The summed E-state index contributed by atoms with van der Waals surface area (Å²) in [6.07, 6.45) is 1.37. The van der Waals surface area contributed by atoms with Gasteiger partial charge in [-0.2, -0.15) is 8.78 Å². The number of hydrogen-bond acceptors (Lipinski definition) is 4. The highest BCUT2D eigenvalue weighted by atomic mass is 19.2. The Hall–Kier alpha value is -2.96. The Labute approximate surface area is 124 Å². The minimum Gasteiger partial charge on any atom is -0.476 e. The van der Waals surface area contributed by atoms with Gasteiger partial charge in [0.25, 0.3) is 5.92 Å².